The van der Waals surface area contributed by atoms with Crippen LogP contribution in [0.3, 0.4) is 0 Å². The predicted octanol–water partition coefficient (Wildman–Crippen LogP) is 3.96. The van der Waals surface area contributed by atoms with Crippen LogP contribution in [0.15, 0.2) is 72.8 Å². The van der Waals surface area contributed by atoms with E-state index < -0.39 is 35.8 Å². The number of benzene rings is 3. The maximum absolute atomic E-state index is 13.4. The number of likely N-dealkylation sites (N-methyl/N-ethyl adjacent to an activating group) is 1. The second-order valence-electron chi connectivity index (χ2n) is 9.18. The number of anilines is 1. The average Bonchev–Trinajstić information content (AvgIpc) is 3.21. The smallest absolute Gasteiger partial charge is 0.411 e. The van der Waals surface area contributed by atoms with Crippen molar-refractivity contribution in [3.8, 4) is 0 Å². The molecule has 2 atom stereocenters. The third kappa shape index (κ3) is 6.51. The van der Waals surface area contributed by atoms with Crippen molar-refractivity contribution >= 4 is 23.6 Å². The number of halogens is 2. The van der Waals surface area contributed by atoms with Crippen molar-refractivity contribution in [1.82, 2.24) is 15.1 Å². The van der Waals surface area contributed by atoms with Crippen LogP contribution in [0.2, 0.25) is 0 Å². The number of hydrogen-bond donors (Lipinski definition) is 2. The maximum Gasteiger partial charge on any atom is 0.411 e. The van der Waals surface area contributed by atoms with E-state index in [0.29, 0.717) is 35.5 Å². The number of rotatable bonds is 9. The fourth-order valence-electron chi connectivity index (χ4n) is 4.06. The number of hydrogen-bond acceptors (Lipinski definition) is 5. The van der Waals surface area contributed by atoms with Crippen molar-refractivity contribution in [3.63, 3.8) is 0 Å². The quantitative estimate of drug-likeness (QED) is 0.444. The van der Waals surface area contributed by atoms with Crippen molar-refractivity contribution in [2.24, 2.45) is 0 Å². The zero-order chi connectivity index (χ0) is 27.2. The van der Waals surface area contributed by atoms with E-state index in [9.17, 15) is 23.2 Å². The molecule has 2 unspecified atom stereocenters. The number of cyclic esters (lactones) is 1. The Kier molecular flexibility index (Phi) is 8.32. The van der Waals surface area contributed by atoms with Crippen LogP contribution in [0, 0.1) is 11.6 Å². The van der Waals surface area contributed by atoms with Crippen LogP contribution in [-0.2, 0) is 16.1 Å². The fraction of sp³-hybridized carbons (Fsp3) is 0.250. The lowest BCUT2D eigenvalue weighted by Crippen LogP contribution is -2.47. The molecule has 4 rings (SSSR count). The lowest BCUT2D eigenvalue weighted by Gasteiger charge is -2.24. The van der Waals surface area contributed by atoms with E-state index in [1.807, 2.05) is 19.0 Å². The summed E-state index contributed by atoms with van der Waals surface area (Å²) in [6.07, 6.45) is -1.56. The third-order valence-electron chi connectivity index (χ3n) is 6.08. The Morgan fingerprint density at radius 2 is 1.53 bits per heavy atom. The topological polar surface area (TPSA) is 91.0 Å². The van der Waals surface area contributed by atoms with Crippen molar-refractivity contribution in [2.45, 2.75) is 18.7 Å². The molecule has 1 fully saturated rings. The first kappa shape index (κ1) is 26.7. The molecule has 1 aliphatic rings. The Morgan fingerprint density at radius 1 is 0.921 bits per heavy atom. The summed E-state index contributed by atoms with van der Waals surface area (Å²) in [4.78, 5) is 41.8. The summed E-state index contributed by atoms with van der Waals surface area (Å²) in [7, 11) is 3.77. The first-order chi connectivity index (χ1) is 18.2. The summed E-state index contributed by atoms with van der Waals surface area (Å²) in [6.45, 7) is 1.05. The van der Waals surface area contributed by atoms with E-state index in [1.54, 1.807) is 36.4 Å². The molecule has 3 aromatic rings. The van der Waals surface area contributed by atoms with Crippen molar-refractivity contribution in [3.05, 3.63) is 101 Å². The molecule has 0 aromatic heterocycles. The normalized spacial score (nSPS) is 16.9. The second kappa shape index (κ2) is 11.8. The molecule has 38 heavy (non-hydrogen) atoms. The van der Waals surface area contributed by atoms with Crippen LogP contribution in [-0.4, -0.2) is 60.9 Å². The van der Waals surface area contributed by atoms with Gasteiger partial charge >= 0.3 is 6.09 Å². The van der Waals surface area contributed by atoms with Gasteiger partial charge in [0.1, 0.15) is 11.6 Å². The number of carbonyl (C=O) groups is 3. The Labute approximate surface area is 219 Å². The van der Waals surface area contributed by atoms with Gasteiger partial charge in [-0.05, 0) is 73.8 Å². The minimum Gasteiger partial charge on any atom is -0.438 e. The predicted molar refractivity (Wildman–Crippen MR) is 137 cm³/mol. The molecule has 8 nitrogen and oxygen atoms in total. The van der Waals surface area contributed by atoms with E-state index >= 15 is 0 Å². The molecular formula is C28H28F2N4O4. The zero-order valence-corrected chi connectivity index (χ0v) is 21.0. The number of amides is 3. The second-order valence-corrected chi connectivity index (χ2v) is 9.18. The van der Waals surface area contributed by atoms with Gasteiger partial charge in [-0.1, -0.05) is 24.3 Å². The Bertz CT molecular complexity index is 1280. The van der Waals surface area contributed by atoms with Crippen LogP contribution in [0.1, 0.15) is 27.6 Å². The molecule has 3 aromatic carbocycles. The highest BCUT2D eigenvalue weighted by molar-refractivity contribution is 6.04. The number of nitrogens with one attached hydrogen (secondary N) is 2. The molecule has 10 heteroatoms. The van der Waals surface area contributed by atoms with Gasteiger partial charge in [-0.2, -0.15) is 0 Å². The monoisotopic (exact) mass is 522 g/mol. The van der Waals surface area contributed by atoms with E-state index in [-0.39, 0.29) is 12.5 Å². The van der Waals surface area contributed by atoms with E-state index in [2.05, 4.69) is 10.6 Å². The molecular weight excluding hydrogens is 494 g/mol. The summed E-state index contributed by atoms with van der Waals surface area (Å²) in [5.74, 6) is -1.63. The van der Waals surface area contributed by atoms with E-state index in [4.69, 9.17) is 4.74 Å². The zero-order valence-electron chi connectivity index (χ0n) is 21.0. The molecule has 0 saturated carbocycles. The lowest BCUT2D eigenvalue weighted by atomic mass is 10.00. The molecule has 198 valence electrons. The summed E-state index contributed by atoms with van der Waals surface area (Å²) < 4.78 is 32.2. The van der Waals surface area contributed by atoms with Gasteiger partial charge in [0.2, 0.25) is 5.91 Å². The standard InChI is InChI=1S/C28H28F2N4O4/c1-33(2)16-15-31-27(36)24-25(38-28(37)34(24)17-18-3-9-21(29)10-4-18)19-7-13-23(14-8-19)32-26(35)20-5-11-22(30)12-6-20/h3-14,24-25H,15-17H2,1-2H3,(H,31,36)(H,32,35). The van der Waals surface area contributed by atoms with E-state index in [0.717, 1.165) is 0 Å². The first-order valence-electron chi connectivity index (χ1n) is 12.0. The van der Waals surface area contributed by atoms with Gasteiger partial charge in [-0.25, -0.2) is 13.6 Å². The van der Waals surface area contributed by atoms with Crippen molar-refractivity contribution < 1.29 is 27.9 Å². The largest absolute Gasteiger partial charge is 0.438 e. The summed E-state index contributed by atoms with van der Waals surface area (Å²) in [5.41, 5.74) is 1.98. The highest BCUT2D eigenvalue weighted by Gasteiger charge is 2.46. The minimum atomic E-state index is -0.964. The molecule has 2 N–H and O–H groups in total. The third-order valence-corrected chi connectivity index (χ3v) is 6.08. The maximum atomic E-state index is 13.4. The van der Waals surface area contributed by atoms with Crippen molar-refractivity contribution in [1.29, 1.82) is 0 Å². The van der Waals surface area contributed by atoms with Crippen LogP contribution in [0.5, 0.6) is 0 Å². The lowest BCUT2D eigenvalue weighted by molar-refractivity contribution is -0.126. The Morgan fingerprint density at radius 3 is 2.13 bits per heavy atom. The van der Waals surface area contributed by atoms with Gasteiger partial charge in [0.05, 0.1) is 6.54 Å². The molecule has 3 amide bonds. The Hall–Kier alpha value is -4.31. The van der Waals surface area contributed by atoms with E-state index in [1.165, 1.54) is 41.3 Å². The van der Waals surface area contributed by atoms with Crippen LogP contribution < -0.4 is 10.6 Å². The van der Waals surface area contributed by atoms with Gasteiger partial charge < -0.3 is 20.3 Å². The van der Waals surface area contributed by atoms with Gasteiger partial charge in [0.25, 0.3) is 5.91 Å². The SMILES string of the molecule is CN(C)CCNC(=O)C1C(c2ccc(NC(=O)c3ccc(F)cc3)cc2)OC(=O)N1Cc1ccc(F)cc1. The summed E-state index contributed by atoms with van der Waals surface area (Å²) >= 11 is 0. The number of carbonyl (C=O) groups excluding carboxylic acids is 3. The highest BCUT2D eigenvalue weighted by atomic mass is 19.1. The van der Waals surface area contributed by atoms with Gasteiger partial charge in [0, 0.05) is 24.3 Å². The average molecular weight is 523 g/mol. The molecule has 1 saturated heterocycles. The molecule has 1 heterocycles. The Balaban J connectivity index is 1.53. The fourth-order valence-corrected chi connectivity index (χ4v) is 4.06. The molecule has 0 aliphatic carbocycles. The number of ether oxygens (including phenoxy) is 1. The first-order valence-corrected chi connectivity index (χ1v) is 12.0. The van der Waals surface area contributed by atoms with Crippen molar-refractivity contribution in [2.75, 3.05) is 32.5 Å². The van der Waals surface area contributed by atoms with Crippen LogP contribution >= 0.6 is 0 Å². The van der Waals surface area contributed by atoms with Crippen LogP contribution in [0.25, 0.3) is 0 Å². The molecule has 0 radical (unpaired) electrons. The van der Waals surface area contributed by atoms with Gasteiger partial charge in [0.15, 0.2) is 12.1 Å². The summed E-state index contributed by atoms with van der Waals surface area (Å²) in [5, 5.41) is 5.59. The molecule has 0 spiro atoms. The van der Waals surface area contributed by atoms with Gasteiger partial charge in [-0.3, -0.25) is 14.5 Å². The number of nitrogens with zero attached hydrogens (tertiary/aromatic N) is 2. The molecule has 1 aliphatic heterocycles. The van der Waals surface area contributed by atoms with Gasteiger partial charge in [-0.15, -0.1) is 0 Å². The minimum absolute atomic E-state index is 0.0627. The van der Waals surface area contributed by atoms with Crippen LogP contribution in [0.4, 0.5) is 19.3 Å². The highest BCUT2D eigenvalue weighted by Crippen LogP contribution is 2.34. The molecule has 0 bridgehead atoms. The summed E-state index contributed by atoms with van der Waals surface area (Å²) in [6, 6.07) is 16.5.